The smallest absolute Gasteiger partial charge is 0.327 e. The first-order chi connectivity index (χ1) is 19.1. The molecule has 3 amide bonds. The average Bonchev–Trinajstić information content (AvgIpc) is 3.58. The number of amides is 3. The molecule has 40 heavy (non-hydrogen) atoms. The summed E-state index contributed by atoms with van der Waals surface area (Å²) in [6, 6.07) is 4.32. The van der Waals surface area contributed by atoms with Gasteiger partial charge in [-0.1, -0.05) is 46.6 Å². The fraction of sp³-hybridized carbons (Fsp3) is 0.593. The molecule has 6 N–H and O–H groups in total. The number of benzene rings is 1. The lowest BCUT2D eigenvalue weighted by Crippen LogP contribution is -2.64. The monoisotopic (exact) mass is 592 g/mol. The van der Waals surface area contributed by atoms with Crippen molar-refractivity contribution in [3.8, 4) is 5.75 Å². The van der Waals surface area contributed by atoms with E-state index in [1.165, 1.54) is 40.6 Å². The summed E-state index contributed by atoms with van der Waals surface area (Å²) >= 11 is 0. The lowest BCUT2D eigenvalue weighted by molar-refractivity contribution is -0.143. The fourth-order valence-electron chi connectivity index (χ4n) is 6.01. The van der Waals surface area contributed by atoms with Crippen LogP contribution in [-0.4, -0.2) is 81.9 Å². The molecule has 1 saturated carbocycles. The molecule has 1 aliphatic carbocycles. The molecule has 1 aromatic carbocycles. The number of aliphatic carboxylic acids is 1. The van der Waals surface area contributed by atoms with Crippen LogP contribution in [0.25, 0.3) is 0 Å². The number of carboxylic acid groups (broad SMARTS) is 1. The van der Waals surface area contributed by atoms with E-state index < -0.39 is 46.7 Å². The standard InChI is InChI=1S/C27H36N4O7S2/c1-16(32)27(19(8-12-29-27)17-4-6-18(33)7-5-17)25(38)30-20-14-39-40-15-21(23(35)36)31-24(37)26(9-2-3-10-26)11-13-28-22(20)34/h4-7,19-21,29,33H,2-3,8-15H2,1H3,(H,28,34)(H,30,38)(H,31,37)(H,35,36)/t19-,20+,21+,27-/m1/s1. The highest BCUT2D eigenvalue weighted by atomic mass is 33.1. The van der Waals surface area contributed by atoms with E-state index in [4.69, 9.17) is 0 Å². The molecule has 4 rings (SSSR count). The molecule has 2 heterocycles. The molecule has 0 unspecified atom stereocenters. The van der Waals surface area contributed by atoms with Crippen LogP contribution in [0.1, 0.15) is 56.9 Å². The summed E-state index contributed by atoms with van der Waals surface area (Å²) in [6.45, 7) is 1.96. The van der Waals surface area contributed by atoms with Crippen LogP contribution in [0.2, 0.25) is 0 Å². The fourth-order valence-corrected chi connectivity index (χ4v) is 8.33. The Kier molecular flexibility index (Phi) is 9.68. The van der Waals surface area contributed by atoms with Gasteiger partial charge in [0, 0.05) is 24.0 Å². The first-order valence-electron chi connectivity index (χ1n) is 13.5. The second-order valence-electron chi connectivity index (χ2n) is 10.7. The summed E-state index contributed by atoms with van der Waals surface area (Å²) in [4.78, 5) is 65.2. The summed E-state index contributed by atoms with van der Waals surface area (Å²) in [5.41, 5.74) is -1.61. The number of phenolic OH excluding ortho intramolecular Hbond substituents is 1. The molecule has 0 bridgehead atoms. The highest BCUT2D eigenvalue weighted by Gasteiger charge is 2.54. The Morgan fingerprint density at radius 2 is 1.68 bits per heavy atom. The zero-order valence-electron chi connectivity index (χ0n) is 22.4. The molecule has 11 nitrogen and oxygen atoms in total. The molecule has 3 aliphatic rings. The van der Waals surface area contributed by atoms with E-state index in [9.17, 15) is 34.2 Å². The van der Waals surface area contributed by atoms with Crippen molar-refractivity contribution in [2.75, 3.05) is 24.6 Å². The van der Waals surface area contributed by atoms with E-state index in [-0.39, 0.29) is 35.5 Å². The summed E-state index contributed by atoms with van der Waals surface area (Å²) in [7, 11) is 2.41. The number of phenols is 1. The van der Waals surface area contributed by atoms with Crippen LogP contribution in [0.15, 0.2) is 24.3 Å². The van der Waals surface area contributed by atoms with Crippen LogP contribution in [0.4, 0.5) is 0 Å². The number of carboxylic acids is 1. The predicted molar refractivity (Wildman–Crippen MR) is 152 cm³/mol. The number of hydrogen-bond donors (Lipinski definition) is 6. The normalized spacial score (nSPS) is 29.4. The van der Waals surface area contributed by atoms with Gasteiger partial charge in [-0.25, -0.2) is 4.79 Å². The van der Waals surface area contributed by atoms with E-state index in [2.05, 4.69) is 21.3 Å². The summed E-state index contributed by atoms with van der Waals surface area (Å²) in [5, 5.41) is 30.8. The minimum absolute atomic E-state index is 0.0734. The van der Waals surface area contributed by atoms with Crippen LogP contribution in [0, 0.1) is 5.41 Å². The number of aromatic hydroxyl groups is 1. The number of carbonyl (C=O) groups is 5. The number of carbonyl (C=O) groups excluding carboxylic acids is 4. The van der Waals surface area contributed by atoms with Gasteiger partial charge in [-0.3, -0.25) is 24.5 Å². The van der Waals surface area contributed by atoms with Crippen molar-refractivity contribution in [2.24, 2.45) is 5.41 Å². The Morgan fingerprint density at radius 1 is 1.00 bits per heavy atom. The predicted octanol–water partition coefficient (Wildman–Crippen LogP) is 1.31. The molecule has 3 fully saturated rings. The van der Waals surface area contributed by atoms with Gasteiger partial charge in [-0.05, 0) is 56.8 Å². The second kappa shape index (κ2) is 12.8. The number of hydrogen-bond acceptors (Lipinski definition) is 9. The maximum absolute atomic E-state index is 13.8. The molecule has 4 atom stereocenters. The van der Waals surface area contributed by atoms with E-state index in [1.807, 2.05) is 0 Å². The first-order valence-corrected chi connectivity index (χ1v) is 16.0. The summed E-state index contributed by atoms with van der Waals surface area (Å²) in [6.07, 6.45) is 3.82. The number of Topliss-reactive ketones (excluding diaryl/α,β-unsaturated/α-hetero) is 1. The number of ketones is 1. The van der Waals surface area contributed by atoms with Crippen molar-refractivity contribution in [3.05, 3.63) is 29.8 Å². The second-order valence-corrected chi connectivity index (χ2v) is 13.3. The van der Waals surface area contributed by atoms with Crippen LogP contribution >= 0.6 is 21.6 Å². The van der Waals surface area contributed by atoms with Crippen molar-refractivity contribution < 1.29 is 34.2 Å². The van der Waals surface area contributed by atoms with Gasteiger partial charge >= 0.3 is 5.97 Å². The van der Waals surface area contributed by atoms with Gasteiger partial charge in [0.05, 0.1) is 5.41 Å². The Labute approximate surface area is 240 Å². The largest absolute Gasteiger partial charge is 0.508 e. The highest BCUT2D eigenvalue weighted by Crippen LogP contribution is 2.42. The van der Waals surface area contributed by atoms with Gasteiger partial charge < -0.3 is 26.2 Å². The van der Waals surface area contributed by atoms with Crippen LogP contribution in [-0.2, 0) is 24.0 Å². The number of nitrogens with one attached hydrogen (secondary N) is 4. The first kappa shape index (κ1) is 30.2. The van der Waals surface area contributed by atoms with Gasteiger partial charge in [0.25, 0.3) is 0 Å². The minimum Gasteiger partial charge on any atom is -0.508 e. The van der Waals surface area contributed by atoms with Crippen molar-refractivity contribution >= 4 is 51.1 Å². The molecule has 1 spiro atoms. The quantitative estimate of drug-likeness (QED) is 0.216. The lowest BCUT2D eigenvalue weighted by atomic mass is 9.77. The molecule has 13 heteroatoms. The van der Waals surface area contributed by atoms with Gasteiger partial charge in [-0.15, -0.1) is 0 Å². The average molecular weight is 593 g/mol. The van der Waals surface area contributed by atoms with E-state index >= 15 is 0 Å². The number of rotatable bonds is 5. The van der Waals surface area contributed by atoms with Crippen molar-refractivity contribution in [2.45, 2.75) is 69.0 Å². The third kappa shape index (κ3) is 6.26. The van der Waals surface area contributed by atoms with Crippen LogP contribution < -0.4 is 21.3 Å². The minimum atomic E-state index is -1.59. The molecule has 2 aliphatic heterocycles. The molecule has 0 aromatic heterocycles. The molecule has 218 valence electrons. The summed E-state index contributed by atoms with van der Waals surface area (Å²) in [5.74, 6) is -3.05. The van der Waals surface area contributed by atoms with E-state index in [0.717, 1.165) is 18.4 Å². The van der Waals surface area contributed by atoms with Crippen LogP contribution in [0.3, 0.4) is 0 Å². The van der Waals surface area contributed by atoms with Crippen molar-refractivity contribution in [1.29, 1.82) is 0 Å². The Balaban J connectivity index is 1.55. The van der Waals surface area contributed by atoms with Gasteiger partial charge in [0.2, 0.25) is 17.7 Å². The lowest BCUT2D eigenvalue weighted by Gasteiger charge is -2.33. The molecular weight excluding hydrogens is 556 g/mol. The van der Waals surface area contributed by atoms with Gasteiger partial charge in [0.15, 0.2) is 11.3 Å². The van der Waals surface area contributed by atoms with Gasteiger partial charge in [-0.2, -0.15) is 0 Å². The Bertz CT molecular complexity index is 1140. The maximum atomic E-state index is 13.8. The van der Waals surface area contributed by atoms with Crippen molar-refractivity contribution in [3.63, 3.8) is 0 Å². The highest BCUT2D eigenvalue weighted by molar-refractivity contribution is 8.76. The van der Waals surface area contributed by atoms with E-state index in [1.54, 1.807) is 12.1 Å². The molecular formula is C27H36N4O7S2. The molecule has 0 radical (unpaired) electrons. The van der Waals surface area contributed by atoms with Crippen molar-refractivity contribution in [1.82, 2.24) is 21.3 Å². The molecule has 2 saturated heterocycles. The zero-order valence-corrected chi connectivity index (χ0v) is 24.0. The van der Waals surface area contributed by atoms with Crippen LogP contribution in [0.5, 0.6) is 5.75 Å². The SMILES string of the molecule is CC(=O)[C@@]1(C(=O)N[C@H]2CSSC[C@@H](C(=O)O)NC(=O)C3(CCCC3)CCNC2=O)NCC[C@@H]1c1ccc(O)cc1. The Morgan fingerprint density at radius 3 is 2.33 bits per heavy atom. The maximum Gasteiger partial charge on any atom is 0.327 e. The topological polar surface area (TPSA) is 174 Å². The third-order valence-corrected chi connectivity index (χ3v) is 10.7. The summed E-state index contributed by atoms with van der Waals surface area (Å²) < 4.78 is 0. The third-order valence-electron chi connectivity index (χ3n) is 8.29. The molecule has 1 aromatic rings. The van der Waals surface area contributed by atoms with E-state index in [0.29, 0.717) is 32.2 Å². The van der Waals surface area contributed by atoms with Gasteiger partial charge in [0.1, 0.15) is 17.8 Å². The zero-order chi connectivity index (χ0) is 28.9. The Hall–Kier alpha value is -2.77.